The number of nitrogens with one attached hydrogen (secondary N) is 2. The van der Waals surface area contributed by atoms with Crippen molar-refractivity contribution in [3.63, 3.8) is 0 Å². The third-order valence-corrected chi connectivity index (χ3v) is 6.96. The number of amides is 1. The van der Waals surface area contributed by atoms with Gasteiger partial charge in [0, 0.05) is 11.3 Å². The molecule has 154 valence electrons. The number of aryl methyl sites for hydroxylation is 2. The Hall–Kier alpha value is -3.12. The van der Waals surface area contributed by atoms with Crippen molar-refractivity contribution in [3.05, 3.63) is 95.1 Å². The minimum absolute atomic E-state index is 0.0637. The summed E-state index contributed by atoms with van der Waals surface area (Å²) in [6.07, 6.45) is 2.90. The predicted octanol–water partition coefficient (Wildman–Crippen LogP) is 4.60. The molecule has 0 bridgehead atoms. The molecule has 0 heterocycles. The molecule has 4 rings (SSSR count). The van der Waals surface area contributed by atoms with E-state index in [2.05, 4.69) is 16.1 Å². The van der Waals surface area contributed by atoms with Gasteiger partial charge in [0.05, 0.1) is 10.9 Å². The monoisotopic (exact) mass is 420 g/mol. The highest BCUT2D eigenvalue weighted by Crippen LogP contribution is 2.30. The molecule has 0 saturated heterocycles. The van der Waals surface area contributed by atoms with Crippen LogP contribution in [0.3, 0.4) is 0 Å². The van der Waals surface area contributed by atoms with Gasteiger partial charge >= 0.3 is 0 Å². The standard InChI is InChI=1S/C24H24N2O3S/c1-17-14-15-19(16-23(17)30(28,29)26-20-10-3-2-4-11-20)24(27)25-22-13-7-9-18-8-5-6-12-21(18)22/h2-6,8,10-12,14-16,22,26H,7,9,13H2,1H3,(H,25,27)/t22-/m1/s1. The molecular weight excluding hydrogens is 396 g/mol. The van der Waals surface area contributed by atoms with E-state index in [0.29, 0.717) is 16.8 Å². The van der Waals surface area contributed by atoms with E-state index in [4.69, 9.17) is 0 Å². The summed E-state index contributed by atoms with van der Waals surface area (Å²) >= 11 is 0. The van der Waals surface area contributed by atoms with Crippen molar-refractivity contribution in [1.29, 1.82) is 0 Å². The van der Waals surface area contributed by atoms with Gasteiger partial charge in [-0.25, -0.2) is 8.42 Å². The van der Waals surface area contributed by atoms with Crippen LogP contribution in [0.15, 0.2) is 77.7 Å². The van der Waals surface area contributed by atoms with Gasteiger partial charge in [0.2, 0.25) is 0 Å². The molecule has 0 fully saturated rings. The molecule has 1 amide bonds. The van der Waals surface area contributed by atoms with Crippen molar-refractivity contribution in [2.75, 3.05) is 4.72 Å². The summed E-state index contributed by atoms with van der Waals surface area (Å²) in [5.74, 6) is -0.270. The number of sulfonamides is 1. The fourth-order valence-electron chi connectivity index (χ4n) is 3.89. The van der Waals surface area contributed by atoms with Crippen LogP contribution in [0.5, 0.6) is 0 Å². The van der Waals surface area contributed by atoms with E-state index in [0.717, 1.165) is 24.8 Å². The lowest BCUT2D eigenvalue weighted by molar-refractivity contribution is 0.0932. The van der Waals surface area contributed by atoms with Gasteiger partial charge in [0.15, 0.2) is 0 Å². The Morgan fingerprint density at radius 2 is 1.70 bits per heavy atom. The number of carbonyl (C=O) groups excluding carboxylic acids is 1. The molecule has 30 heavy (non-hydrogen) atoms. The zero-order valence-corrected chi connectivity index (χ0v) is 17.6. The Balaban J connectivity index is 1.58. The van der Waals surface area contributed by atoms with E-state index < -0.39 is 10.0 Å². The molecule has 0 aliphatic heterocycles. The molecule has 3 aromatic carbocycles. The maximum Gasteiger partial charge on any atom is 0.262 e. The zero-order valence-electron chi connectivity index (χ0n) is 16.8. The van der Waals surface area contributed by atoms with E-state index in [1.54, 1.807) is 43.3 Å². The van der Waals surface area contributed by atoms with Crippen LogP contribution in [0.2, 0.25) is 0 Å². The Labute approximate surface area is 177 Å². The van der Waals surface area contributed by atoms with Gasteiger partial charge in [-0.05, 0) is 67.1 Å². The molecular formula is C24H24N2O3S. The minimum atomic E-state index is -3.81. The van der Waals surface area contributed by atoms with Gasteiger partial charge in [-0.3, -0.25) is 9.52 Å². The molecule has 1 aliphatic rings. The maximum atomic E-state index is 12.9. The number of hydrogen-bond acceptors (Lipinski definition) is 3. The van der Waals surface area contributed by atoms with Crippen LogP contribution in [0.1, 0.15) is 45.9 Å². The topological polar surface area (TPSA) is 75.3 Å². The van der Waals surface area contributed by atoms with Gasteiger partial charge < -0.3 is 5.32 Å². The van der Waals surface area contributed by atoms with Gasteiger partial charge in [-0.2, -0.15) is 0 Å². The van der Waals surface area contributed by atoms with Crippen molar-refractivity contribution in [3.8, 4) is 0 Å². The maximum absolute atomic E-state index is 12.9. The predicted molar refractivity (Wildman–Crippen MR) is 118 cm³/mol. The molecule has 0 saturated carbocycles. The first-order valence-corrected chi connectivity index (χ1v) is 11.5. The summed E-state index contributed by atoms with van der Waals surface area (Å²) in [5.41, 5.74) is 3.79. The summed E-state index contributed by atoms with van der Waals surface area (Å²) in [5, 5.41) is 3.09. The Morgan fingerprint density at radius 1 is 0.967 bits per heavy atom. The number of rotatable bonds is 5. The Bertz CT molecular complexity index is 1170. The second-order valence-electron chi connectivity index (χ2n) is 7.57. The minimum Gasteiger partial charge on any atom is -0.345 e. The summed E-state index contributed by atoms with van der Waals surface area (Å²) in [6, 6.07) is 21.6. The Morgan fingerprint density at radius 3 is 2.50 bits per heavy atom. The van der Waals surface area contributed by atoms with E-state index in [9.17, 15) is 13.2 Å². The molecule has 2 N–H and O–H groups in total. The average molecular weight is 421 g/mol. The highest BCUT2D eigenvalue weighted by Gasteiger charge is 2.24. The van der Waals surface area contributed by atoms with E-state index in [-0.39, 0.29) is 16.8 Å². The van der Waals surface area contributed by atoms with Gasteiger partial charge in [0.1, 0.15) is 0 Å². The number of anilines is 1. The quantitative estimate of drug-likeness (QED) is 0.633. The fourth-order valence-corrected chi connectivity index (χ4v) is 5.22. The Kier molecular flexibility index (Phi) is 5.59. The summed E-state index contributed by atoms with van der Waals surface area (Å²) in [4.78, 5) is 13.0. The van der Waals surface area contributed by atoms with Crippen molar-refractivity contribution in [1.82, 2.24) is 5.32 Å². The van der Waals surface area contributed by atoms with E-state index >= 15 is 0 Å². The van der Waals surface area contributed by atoms with E-state index in [1.165, 1.54) is 11.6 Å². The van der Waals surface area contributed by atoms with Crippen LogP contribution < -0.4 is 10.0 Å². The number of fused-ring (bicyclic) bond motifs is 1. The lowest BCUT2D eigenvalue weighted by atomic mass is 9.87. The third kappa shape index (κ3) is 4.24. The van der Waals surface area contributed by atoms with Gasteiger partial charge in [0.25, 0.3) is 15.9 Å². The molecule has 0 spiro atoms. The SMILES string of the molecule is Cc1ccc(C(=O)N[C@@H]2CCCc3ccccc32)cc1S(=O)(=O)Nc1ccccc1. The summed E-state index contributed by atoms with van der Waals surface area (Å²) < 4.78 is 28.4. The molecule has 6 heteroatoms. The van der Waals surface area contributed by atoms with Crippen LogP contribution in [0.4, 0.5) is 5.69 Å². The normalized spacial score (nSPS) is 15.8. The molecule has 0 aromatic heterocycles. The van der Waals surface area contributed by atoms with Gasteiger partial charge in [-0.1, -0.05) is 48.5 Å². The third-order valence-electron chi connectivity index (χ3n) is 5.44. The molecule has 5 nitrogen and oxygen atoms in total. The number of para-hydroxylation sites is 1. The lowest BCUT2D eigenvalue weighted by Crippen LogP contribution is -2.31. The first-order chi connectivity index (χ1) is 14.4. The molecule has 0 radical (unpaired) electrons. The number of hydrogen-bond donors (Lipinski definition) is 2. The van der Waals surface area contributed by atoms with Crippen molar-refractivity contribution in [2.45, 2.75) is 37.1 Å². The van der Waals surface area contributed by atoms with Gasteiger partial charge in [-0.15, -0.1) is 0 Å². The van der Waals surface area contributed by atoms with Crippen molar-refractivity contribution < 1.29 is 13.2 Å². The first kappa shape index (κ1) is 20.2. The molecule has 1 atom stereocenters. The first-order valence-electron chi connectivity index (χ1n) is 10.0. The molecule has 3 aromatic rings. The largest absolute Gasteiger partial charge is 0.345 e. The second kappa shape index (κ2) is 8.32. The summed E-state index contributed by atoms with van der Waals surface area (Å²) in [7, 11) is -3.81. The lowest BCUT2D eigenvalue weighted by Gasteiger charge is -2.26. The van der Waals surface area contributed by atoms with Crippen molar-refractivity contribution >= 4 is 21.6 Å². The van der Waals surface area contributed by atoms with Crippen LogP contribution >= 0.6 is 0 Å². The molecule has 1 aliphatic carbocycles. The smallest absolute Gasteiger partial charge is 0.262 e. The summed E-state index contributed by atoms with van der Waals surface area (Å²) in [6.45, 7) is 1.72. The van der Waals surface area contributed by atoms with Crippen LogP contribution in [0.25, 0.3) is 0 Å². The molecule has 0 unspecified atom stereocenters. The highest BCUT2D eigenvalue weighted by molar-refractivity contribution is 7.92. The number of benzene rings is 3. The van der Waals surface area contributed by atoms with Crippen LogP contribution in [0, 0.1) is 6.92 Å². The van der Waals surface area contributed by atoms with E-state index in [1.807, 2.05) is 24.3 Å². The zero-order chi connectivity index (χ0) is 21.1. The number of carbonyl (C=O) groups is 1. The van der Waals surface area contributed by atoms with Crippen molar-refractivity contribution in [2.24, 2.45) is 0 Å². The van der Waals surface area contributed by atoms with Crippen LogP contribution in [-0.2, 0) is 16.4 Å². The highest BCUT2D eigenvalue weighted by atomic mass is 32.2. The second-order valence-corrected chi connectivity index (χ2v) is 9.22. The van der Waals surface area contributed by atoms with Crippen LogP contribution in [-0.4, -0.2) is 14.3 Å². The fraction of sp³-hybridized carbons (Fsp3) is 0.208. The average Bonchev–Trinajstić information content (AvgIpc) is 2.74.